The van der Waals surface area contributed by atoms with Crippen LogP contribution in [0.25, 0.3) is 0 Å². The third-order valence-corrected chi connectivity index (χ3v) is 3.85. The highest BCUT2D eigenvalue weighted by atomic mass is 35.5. The first-order valence-electron chi connectivity index (χ1n) is 6.81. The van der Waals surface area contributed by atoms with E-state index < -0.39 is 18.2 Å². The second-order valence-electron chi connectivity index (χ2n) is 5.18. The predicted molar refractivity (Wildman–Crippen MR) is 83.9 cm³/mol. The Bertz CT molecular complexity index is 651. The Morgan fingerprint density at radius 3 is 2.59 bits per heavy atom. The molecule has 0 saturated heterocycles. The van der Waals surface area contributed by atoms with Gasteiger partial charge in [0.15, 0.2) is 0 Å². The van der Waals surface area contributed by atoms with Gasteiger partial charge < -0.3 is 10.2 Å². The number of aliphatic hydroxyl groups is 1. The Morgan fingerprint density at radius 2 is 1.91 bits per heavy atom. The van der Waals surface area contributed by atoms with Gasteiger partial charge in [0.2, 0.25) is 0 Å². The van der Waals surface area contributed by atoms with Gasteiger partial charge in [0.05, 0.1) is 12.1 Å². The first kappa shape index (κ1) is 16.3. The molecule has 1 aliphatic carbocycles. The zero-order valence-corrected chi connectivity index (χ0v) is 12.6. The Kier molecular flexibility index (Phi) is 5.00. The lowest BCUT2D eigenvalue weighted by Crippen LogP contribution is -2.37. The Morgan fingerprint density at radius 1 is 1.23 bits per heavy atom. The molecule has 2 N–H and O–H groups in total. The molecule has 1 aliphatic rings. The topological polar surface area (TPSA) is 73.7 Å². The molecule has 0 radical (unpaired) electrons. The number of hydrogen-bond donors (Lipinski definition) is 2. The van der Waals surface area contributed by atoms with Crippen molar-refractivity contribution in [3.63, 3.8) is 0 Å². The summed E-state index contributed by atoms with van der Waals surface area (Å²) in [5.41, 5.74) is 2.75. The lowest BCUT2D eigenvalue weighted by Gasteiger charge is -2.29. The maximum absolute atomic E-state index is 11.6. The van der Waals surface area contributed by atoms with Gasteiger partial charge in [-0.2, -0.15) is 0 Å². The lowest BCUT2D eigenvalue weighted by molar-refractivity contribution is 0.0538. The third kappa shape index (κ3) is 3.05. The standard InChI is InChI=1S/C16H16N2O3.ClH/c19-14-9-12-3-1-2-4-13(12)15(14)18(16(20)21)10-11-5-7-17-8-6-11;/h1-8,14-15,19H,9-10H2,(H,20,21);1H/t14-,15+;/m0./s1. The van der Waals surface area contributed by atoms with Crippen LogP contribution in [0.2, 0.25) is 0 Å². The van der Waals surface area contributed by atoms with Gasteiger partial charge in [0.25, 0.3) is 0 Å². The van der Waals surface area contributed by atoms with E-state index in [0.29, 0.717) is 6.42 Å². The number of benzene rings is 1. The van der Waals surface area contributed by atoms with Gasteiger partial charge in [-0.3, -0.25) is 9.88 Å². The van der Waals surface area contributed by atoms with Crippen molar-refractivity contribution in [3.05, 3.63) is 65.5 Å². The summed E-state index contributed by atoms with van der Waals surface area (Å²) in [7, 11) is 0. The molecule has 0 bridgehead atoms. The van der Waals surface area contributed by atoms with Gasteiger partial charge in [-0.25, -0.2) is 4.79 Å². The summed E-state index contributed by atoms with van der Waals surface area (Å²) in [4.78, 5) is 16.9. The molecular formula is C16H17ClN2O3. The Hall–Kier alpha value is -2.11. The van der Waals surface area contributed by atoms with Gasteiger partial charge in [-0.05, 0) is 28.8 Å². The molecule has 0 unspecified atom stereocenters. The van der Waals surface area contributed by atoms with Crippen molar-refractivity contribution in [2.75, 3.05) is 0 Å². The van der Waals surface area contributed by atoms with E-state index in [2.05, 4.69) is 4.98 Å². The summed E-state index contributed by atoms with van der Waals surface area (Å²) in [6.07, 6.45) is 2.01. The summed E-state index contributed by atoms with van der Waals surface area (Å²) < 4.78 is 0. The van der Waals surface area contributed by atoms with Crippen LogP contribution in [0.4, 0.5) is 4.79 Å². The fourth-order valence-electron chi connectivity index (χ4n) is 2.90. The predicted octanol–water partition coefficient (Wildman–Crippen LogP) is 2.64. The minimum absolute atomic E-state index is 0. The third-order valence-electron chi connectivity index (χ3n) is 3.85. The summed E-state index contributed by atoms with van der Waals surface area (Å²) in [5.74, 6) is 0. The molecule has 3 rings (SSSR count). The molecule has 1 amide bonds. The summed E-state index contributed by atoms with van der Waals surface area (Å²) in [6, 6.07) is 10.6. The van der Waals surface area contributed by atoms with Crippen LogP contribution in [0.1, 0.15) is 22.7 Å². The van der Waals surface area contributed by atoms with Gasteiger partial charge in [0, 0.05) is 25.4 Å². The van der Waals surface area contributed by atoms with Crippen molar-refractivity contribution >= 4 is 18.5 Å². The fourth-order valence-corrected chi connectivity index (χ4v) is 2.90. The number of carboxylic acid groups (broad SMARTS) is 1. The second kappa shape index (κ2) is 6.77. The van der Waals surface area contributed by atoms with Crippen LogP contribution in [0.5, 0.6) is 0 Å². The van der Waals surface area contributed by atoms with E-state index in [1.807, 2.05) is 24.3 Å². The molecule has 1 aromatic carbocycles. The van der Waals surface area contributed by atoms with Crippen molar-refractivity contribution in [2.24, 2.45) is 0 Å². The maximum Gasteiger partial charge on any atom is 0.408 e. The zero-order valence-electron chi connectivity index (χ0n) is 11.8. The van der Waals surface area contributed by atoms with Crippen molar-refractivity contribution in [3.8, 4) is 0 Å². The Balaban J connectivity index is 0.00000176. The van der Waals surface area contributed by atoms with Crippen LogP contribution in [0.3, 0.4) is 0 Å². The van der Waals surface area contributed by atoms with E-state index in [1.165, 1.54) is 4.90 Å². The van der Waals surface area contributed by atoms with Crippen LogP contribution in [0, 0.1) is 0 Å². The Labute approximate surface area is 134 Å². The smallest absolute Gasteiger partial charge is 0.408 e. The fraction of sp³-hybridized carbons (Fsp3) is 0.250. The second-order valence-corrected chi connectivity index (χ2v) is 5.18. The zero-order chi connectivity index (χ0) is 14.8. The first-order chi connectivity index (χ1) is 10.2. The number of carbonyl (C=O) groups is 1. The SMILES string of the molecule is Cl.O=C(O)N(Cc1ccncc1)[C@@H]1c2ccccc2C[C@@H]1O. The normalized spacial score (nSPS) is 19.1. The largest absolute Gasteiger partial charge is 0.465 e. The van der Waals surface area contributed by atoms with E-state index in [9.17, 15) is 15.0 Å². The van der Waals surface area contributed by atoms with Crippen LogP contribution in [-0.2, 0) is 13.0 Å². The summed E-state index contributed by atoms with van der Waals surface area (Å²) >= 11 is 0. The van der Waals surface area contributed by atoms with Crippen molar-refractivity contribution in [1.29, 1.82) is 0 Å². The van der Waals surface area contributed by atoms with Gasteiger partial charge in [-0.1, -0.05) is 24.3 Å². The van der Waals surface area contributed by atoms with Gasteiger partial charge >= 0.3 is 6.09 Å². The highest BCUT2D eigenvalue weighted by molar-refractivity contribution is 5.85. The van der Waals surface area contributed by atoms with Gasteiger partial charge in [0.1, 0.15) is 0 Å². The highest BCUT2D eigenvalue weighted by Crippen LogP contribution is 2.36. The molecule has 2 atom stereocenters. The summed E-state index contributed by atoms with van der Waals surface area (Å²) in [6.45, 7) is 0.230. The molecule has 0 aliphatic heterocycles. The molecule has 0 fully saturated rings. The number of halogens is 1. The minimum Gasteiger partial charge on any atom is -0.465 e. The molecule has 2 aromatic rings. The molecule has 116 valence electrons. The quantitative estimate of drug-likeness (QED) is 0.911. The van der Waals surface area contributed by atoms with Crippen LogP contribution < -0.4 is 0 Å². The molecule has 5 nitrogen and oxygen atoms in total. The average molecular weight is 321 g/mol. The molecule has 22 heavy (non-hydrogen) atoms. The molecule has 6 heteroatoms. The number of amides is 1. The van der Waals surface area contributed by atoms with Crippen LogP contribution in [0.15, 0.2) is 48.8 Å². The average Bonchev–Trinajstić information content (AvgIpc) is 2.81. The number of aromatic nitrogens is 1. The number of hydrogen-bond acceptors (Lipinski definition) is 3. The minimum atomic E-state index is -1.03. The summed E-state index contributed by atoms with van der Waals surface area (Å²) in [5, 5.41) is 19.8. The lowest BCUT2D eigenvalue weighted by atomic mass is 10.1. The molecule has 1 aromatic heterocycles. The molecule has 0 saturated carbocycles. The maximum atomic E-state index is 11.6. The van der Waals surface area contributed by atoms with E-state index in [-0.39, 0.29) is 19.0 Å². The molecule has 1 heterocycles. The first-order valence-corrected chi connectivity index (χ1v) is 6.81. The monoisotopic (exact) mass is 320 g/mol. The van der Waals surface area contributed by atoms with Crippen molar-refractivity contribution in [1.82, 2.24) is 9.88 Å². The number of pyridine rings is 1. The highest BCUT2D eigenvalue weighted by Gasteiger charge is 2.37. The number of rotatable bonds is 3. The van der Waals surface area contributed by atoms with Crippen LogP contribution in [-0.4, -0.2) is 32.3 Å². The van der Waals surface area contributed by atoms with Crippen molar-refractivity contribution in [2.45, 2.75) is 25.1 Å². The van der Waals surface area contributed by atoms with Gasteiger partial charge in [-0.15, -0.1) is 12.4 Å². The molecular weight excluding hydrogens is 304 g/mol. The molecule has 0 spiro atoms. The van der Waals surface area contributed by atoms with E-state index >= 15 is 0 Å². The number of fused-ring (bicyclic) bond motifs is 1. The van der Waals surface area contributed by atoms with E-state index in [1.54, 1.807) is 24.5 Å². The van der Waals surface area contributed by atoms with Crippen molar-refractivity contribution < 1.29 is 15.0 Å². The van der Waals surface area contributed by atoms with E-state index in [4.69, 9.17) is 0 Å². The van der Waals surface area contributed by atoms with Crippen LogP contribution >= 0.6 is 12.4 Å². The number of nitrogens with zero attached hydrogens (tertiary/aromatic N) is 2. The number of aliphatic hydroxyl groups excluding tert-OH is 1. The van der Waals surface area contributed by atoms with E-state index in [0.717, 1.165) is 16.7 Å².